The monoisotopic (exact) mass is 225 g/mol. The highest BCUT2D eigenvalue weighted by atomic mass is 16.2. The molecular formula is C12H23N3O. The van der Waals surface area contributed by atoms with Crippen molar-refractivity contribution in [2.45, 2.75) is 38.6 Å². The third-order valence-corrected chi connectivity index (χ3v) is 3.43. The zero-order valence-corrected chi connectivity index (χ0v) is 10.2. The molecule has 0 aromatic rings. The summed E-state index contributed by atoms with van der Waals surface area (Å²) in [5.41, 5.74) is 0. The molecule has 0 bridgehead atoms. The molecule has 1 unspecified atom stereocenters. The van der Waals surface area contributed by atoms with E-state index in [0.717, 1.165) is 26.2 Å². The van der Waals surface area contributed by atoms with Gasteiger partial charge >= 0.3 is 6.03 Å². The number of rotatable bonds is 4. The molecule has 0 spiro atoms. The van der Waals surface area contributed by atoms with Gasteiger partial charge in [0.15, 0.2) is 0 Å². The Morgan fingerprint density at radius 3 is 2.81 bits per heavy atom. The summed E-state index contributed by atoms with van der Waals surface area (Å²) in [6.07, 6.45) is 4.89. The van der Waals surface area contributed by atoms with E-state index in [1.807, 2.05) is 6.92 Å². The molecule has 1 saturated carbocycles. The Labute approximate surface area is 97.8 Å². The number of nitrogens with one attached hydrogen (secondary N) is 2. The maximum atomic E-state index is 11.9. The van der Waals surface area contributed by atoms with Crippen molar-refractivity contribution in [2.75, 3.05) is 26.2 Å². The van der Waals surface area contributed by atoms with Crippen molar-refractivity contribution in [2.24, 2.45) is 5.92 Å². The zero-order chi connectivity index (χ0) is 11.4. The number of amides is 2. The van der Waals surface area contributed by atoms with Crippen LogP contribution in [0.3, 0.4) is 0 Å². The number of hydrogen-bond donors (Lipinski definition) is 2. The van der Waals surface area contributed by atoms with Gasteiger partial charge in [0, 0.05) is 19.1 Å². The third-order valence-electron chi connectivity index (χ3n) is 3.43. The maximum absolute atomic E-state index is 11.9. The van der Waals surface area contributed by atoms with E-state index >= 15 is 0 Å². The first-order valence-electron chi connectivity index (χ1n) is 6.56. The van der Waals surface area contributed by atoms with Gasteiger partial charge in [-0.3, -0.25) is 0 Å². The van der Waals surface area contributed by atoms with Crippen molar-refractivity contribution in [3.8, 4) is 0 Å². The van der Waals surface area contributed by atoms with E-state index in [1.165, 1.54) is 25.7 Å². The standard InChI is InChI=1S/C12H23N3O/c1-2-14-12(16)15(11-5-6-11)9-10-4-3-7-13-8-10/h10-11,13H,2-9H2,1H3,(H,14,16). The van der Waals surface area contributed by atoms with Gasteiger partial charge in [-0.2, -0.15) is 0 Å². The van der Waals surface area contributed by atoms with Crippen molar-refractivity contribution in [3.05, 3.63) is 0 Å². The van der Waals surface area contributed by atoms with E-state index in [1.54, 1.807) is 0 Å². The van der Waals surface area contributed by atoms with Crippen LogP contribution in [0.25, 0.3) is 0 Å². The van der Waals surface area contributed by atoms with E-state index < -0.39 is 0 Å². The number of piperidine rings is 1. The number of carbonyl (C=O) groups excluding carboxylic acids is 1. The van der Waals surface area contributed by atoms with Crippen LogP contribution in [0.4, 0.5) is 4.79 Å². The van der Waals surface area contributed by atoms with E-state index in [9.17, 15) is 4.79 Å². The molecule has 92 valence electrons. The summed E-state index contributed by atoms with van der Waals surface area (Å²) in [6.45, 7) is 5.85. The van der Waals surface area contributed by atoms with Gasteiger partial charge in [0.2, 0.25) is 0 Å². The van der Waals surface area contributed by atoms with Gasteiger partial charge in [-0.1, -0.05) is 0 Å². The van der Waals surface area contributed by atoms with E-state index in [4.69, 9.17) is 0 Å². The Hall–Kier alpha value is -0.770. The Balaban J connectivity index is 1.83. The van der Waals surface area contributed by atoms with Crippen LogP contribution in [0, 0.1) is 5.92 Å². The topological polar surface area (TPSA) is 44.4 Å². The maximum Gasteiger partial charge on any atom is 0.317 e. The average molecular weight is 225 g/mol. The van der Waals surface area contributed by atoms with Crippen LogP contribution >= 0.6 is 0 Å². The van der Waals surface area contributed by atoms with Crippen molar-refractivity contribution in [3.63, 3.8) is 0 Å². The Bertz CT molecular complexity index is 234. The van der Waals surface area contributed by atoms with Crippen molar-refractivity contribution in [1.29, 1.82) is 0 Å². The van der Waals surface area contributed by atoms with Crippen molar-refractivity contribution < 1.29 is 4.79 Å². The molecule has 1 aliphatic heterocycles. The molecule has 16 heavy (non-hydrogen) atoms. The molecule has 1 atom stereocenters. The number of nitrogens with zero attached hydrogens (tertiary/aromatic N) is 1. The summed E-state index contributed by atoms with van der Waals surface area (Å²) in [6, 6.07) is 0.657. The zero-order valence-electron chi connectivity index (χ0n) is 10.2. The molecule has 0 aromatic carbocycles. The van der Waals surface area contributed by atoms with Crippen LogP contribution in [0.1, 0.15) is 32.6 Å². The number of carbonyl (C=O) groups is 1. The highest BCUT2D eigenvalue weighted by molar-refractivity contribution is 5.74. The fraction of sp³-hybridized carbons (Fsp3) is 0.917. The predicted molar refractivity (Wildman–Crippen MR) is 64.4 cm³/mol. The first kappa shape index (κ1) is 11.7. The number of urea groups is 1. The molecule has 2 N–H and O–H groups in total. The molecule has 1 aliphatic carbocycles. The van der Waals surface area contributed by atoms with E-state index in [0.29, 0.717) is 12.0 Å². The smallest absolute Gasteiger partial charge is 0.317 e. The summed E-state index contributed by atoms with van der Waals surface area (Å²) < 4.78 is 0. The lowest BCUT2D eigenvalue weighted by Gasteiger charge is -2.30. The molecule has 2 amide bonds. The summed E-state index contributed by atoms with van der Waals surface area (Å²) in [4.78, 5) is 13.9. The van der Waals surface area contributed by atoms with Crippen molar-refractivity contribution in [1.82, 2.24) is 15.5 Å². The van der Waals surface area contributed by atoms with Crippen LogP contribution in [0.5, 0.6) is 0 Å². The quantitative estimate of drug-likeness (QED) is 0.754. The predicted octanol–water partition coefficient (Wildman–Crippen LogP) is 1.18. The second-order valence-corrected chi connectivity index (χ2v) is 4.93. The molecule has 2 rings (SSSR count). The molecular weight excluding hydrogens is 202 g/mol. The van der Waals surface area contributed by atoms with Gasteiger partial charge in [0.1, 0.15) is 0 Å². The normalized spacial score (nSPS) is 25.2. The van der Waals surface area contributed by atoms with Crippen molar-refractivity contribution >= 4 is 6.03 Å². The van der Waals surface area contributed by atoms with Crippen LogP contribution in [-0.4, -0.2) is 43.2 Å². The van der Waals surface area contributed by atoms with E-state index in [-0.39, 0.29) is 6.03 Å². The largest absolute Gasteiger partial charge is 0.338 e. The second-order valence-electron chi connectivity index (χ2n) is 4.93. The molecule has 0 aromatic heterocycles. The fourth-order valence-electron chi connectivity index (χ4n) is 2.39. The first-order chi connectivity index (χ1) is 7.81. The van der Waals surface area contributed by atoms with E-state index in [2.05, 4.69) is 15.5 Å². The van der Waals surface area contributed by atoms with Crippen LogP contribution in [-0.2, 0) is 0 Å². The van der Waals surface area contributed by atoms with Gasteiger partial charge in [-0.25, -0.2) is 4.79 Å². The minimum Gasteiger partial charge on any atom is -0.338 e. The summed E-state index contributed by atoms with van der Waals surface area (Å²) in [7, 11) is 0. The lowest BCUT2D eigenvalue weighted by atomic mass is 9.99. The highest BCUT2D eigenvalue weighted by Crippen LogP contribution is 2.28. The van der Waals surface area contributed by atoms with Gasteiger partial charge in [-0.05, 0) is 51.6 Å². The Kier molecular flexibility index (Phi) is 4.04. The molecule has 2 aliphatic rings. The molecule has 4 nitrogen and oxygen atoms in total. The summed E-state index contributed by atoms with van der Waals surface area (Å²) in [5, 5.41) is 6.34. The lowest BCUT2D eigenvalue weighted by Crippen LogP contribution is -2.46. The summed E-state index contributed by atoms with van der Waals surface area (Å²) >= 11 is 0. The highest BCUT2D eigenvalue weighted by Gasteiger charge is 2.33. The molecule has 0 radical (unpaired) electrons. The minimum atomic E-state index is 0.135. The van der Waals surface area contributed by atoms with Gasteiger partial charge in [0.25, 0.3) is 0 Å². The Morgan fingerprint density at radius 1 is 1.44 bits per heavy atom. The molecule has 4 heteroatoms. The second kappa shape index (κ2) is 5.53. The third kappa shape index (κ3) is 3.11. The van der Waals surface area contributed by atoms with Crippen LogP contribution < -0.4 is 10.6 Å². The average Bonchev–Trinajstić information content (AvgIpc) is 3.11. The molecule has 1 saturated heterocycles. The van der Waals surface area contributed by atoms with Crippen LogP contribution in [0.15, 0.2) is 0 Å². The molecule has 1 heterocycles. The minimum absolute atomic E-state index is 0.135. The lowest BCUT2D eigenvalue weighted by molar-refractivity contribution is 0.178. The summed E-state index contributed by atoms with van der Waals surface area (Å²) in [5.74, 6) is 0.650. The number of hydrogen-bond acceptors (Lipinski definition) is 2. The molecule has 2 fully saturated rings. The fourth-order valence-corrected chi connectivity index (χ4v) is 2.39. The SMILES string of the molecule is CCNC(=O)N(CC1CCCNC1)C1CC1. The first-order valence-corrected chi connectivity index (χ1v) is 6.56. The van der Waals surface area contributed by atoms with Gasteiger partial charge < -0.3 is 15.5 Å². The van der Waals surface area contributed by atoms with Crippen LogP contribution in [0.2, 0.25) is 0 Å². The Morgan fingerprint density at radius 2 is 2.25 bits per heavy atom. The van der Waals surface area contributed by atoms with Gasteiger partial charge in [0.05, 0.1) is 0 Å². The van der Waals surface area contributed by atoms with Gasteiger partial charge in [-0.15, -0.1) is 0 Å².